The number of nitrogens with one attached hydrogen (secondary N) is 1. The highest BCUT2D eigenvalue weighted by Gasteiger charge is 2.22. The molecule has 1 N–H and O–H groups in total. The number of hydrogen-bond donors (Lipinski definition) is 1. The molecule has 1 aliphatic rings. The van der Waals surface area contributed by atoms with E-state index in [0.29, 0.717) is 12.5 Å². The fourth-order valence-electron chi connectivity index (χ4n) is 2.28. The van der Waals surface area contributed by atoms with Crippen molar-refractivity contribution >= 4 is 6.09 Å². The van der Waals surface area contributed by atoms with Gasteiger partial charge in [0, 0.05) is 19.3 Å². The molecular weight excluding hydrogens is 242 g/mol. The Kier molecular flexibility index (Phi) is 5.21. The second kappa shape index (κ2) is 7.14. The van der Waals surface area contributed by atoms with Gasteiger partial charge < -0.3 is 14.8 Å². The van der Waals surface area contributed by atoms with E-state index in [-0.39, 0.29) is 12.1 Å². The van der Waals surface area contributed by atoms with Crippen molar-refractivity contribution in [3.63, 3.8) is 0 Å². The van der Waals surface area contributed by atoms with E-state index < -0.39 is 0 Å². The van der Waals surface area contributed by atoms with Gasteiger partial charge in [-0.05, 0) is 31.2 Å². The van der Waals surface area contributed by atoms with Gasteiger partial charge >= 0.3 is 6.09 Å². The summed E-state index contributed by atoms with van der Waals surface area (Å²) in [6, 6.07) is 9.82. The molecule has 4 heteroatoms. The average Bonchev–Trinajstić information content (AvgIpc) is 2.47. The van der Waals surface area contributed by atoms with Crippen LogP contribution in [0.4, 0.5) is 4.79 Å². The van der Waals surface area contributed by atoms with Gasteiger partial charge in [0.1, 0.15) is 6.61 Å². The van der Waals surface area contributed by atoms with E-state index in [0.717, 1.165) is 31.6 Å². The fourth-order valence-corrected chi connectivity index (χ4v) is 2.28. The first-order chi connectivity index (χ1) is 9.25. The molecule has 1 aromatic rings. The predicted octanol–water partition coefficient (Wildman–Crippen LogP) is 2.73. The van der Waals surface area contributed by atoms with Crippen LogP contribution in [-0.4, -0.2) is 25.3 Å². The Balaban J connectivity index is 1.71. The minimum atomic E-state index is -0.345. The van der Waals surface area contributed by atoms with E-state index in [1.807, 2.05) is 37.3 Å². The van der Waals surface area contributed by atoms with Crippen molar-refractivity contribution in [2.45, 2.75) is 32.4 Å². The number of rotatable bonds is 4. The molecule has 4 nitrogen and oxygen atoms in total. The Labute approximate surface area is 114 Å². The SMILES string of the molecule is CC(NC(=O)OCc1ccccc1)C1CCOCC1. The lowest BCUT2D eigenvalue weighted by atomic mass is 9.93. The smallest absolute Gasteiger partial charge is 0.407 e. The maximum Gasteiger partial charge on any atom is 0.407 e. The van der Waals surface area contributed by atoms with Crippen LogP contribution in [0.25, 0.3) is 0 Å². The van der Waals surface area contributed by atoms with Crippen molar-refractivity contribution in [1.82, 2.24) is 5.32 Å². The molecule has 1 saturated heterocycles. The number of carbonyl (C=O) groups excluding carboxylic acids is 1. The number of hydrogen-bond acceptors (Lipinski definition) is 3. The molecule has 1 unspecified atom stereocenters. The Morgan fingerprint density at radius 3 is 2.74 bits per heavy atom. The Morgan fingerprint density at radius 2 is 2.05 bits per heavy atom. The Bertz CT molecular complexity index is 388. The summed E-state index contributed by atoms with van der Waals surface area (Å²) in [7, 11) is 0. The topological polar surface area (TPSA) is 47.6 Å². The van der Waals surface area contributed by atoms with Crippen molar-refractivity contribution in [3.05, 3.63) is 35.9 Å². The molecule has 1 aliphatic heterocycles. The van der Waals surface area contributed by atoms with Gasteiger partial charge in [-0.25, -0.2) is 4.79 Å². The predicted molar refractivity (Wildman–Crippen MR) is 72.8 cm³/mol. The second-order valence-electron chi connectivity index (χ2n) is 4.94. The lowest BCUT2D eigenvalue weighted by Crippen LogP contribution is -2.40. The van der Waals surface area contributed by atoms with E-state index in [2.05, 4.69) is 5.32 Å². The van der Waals surface area contributed by atoms with E-state index in [1.54, 1.807) is 0 Å². The molecule has 0 aromatic heterocycles. The molecule has 1 atom stereocenters. The zero-order chi connectivity index (χ0) is 13.5. The first kappa shape index (κ1) is 13.9. The number of amides is 1. The number of carbonyl (C=O) groups is 1. The molecule has 0 spiro atoms. The standard InChI is InChI=1S/C15H21NO3/c1-12(14-7-9-18-10-8-14)16-15(17)19-11-13-5-3-2-4-6-13/h2-6,12,14H,7-11H2,1H3,(H,16,17). The lowest BCUT2D eigenvalue weighted by Gasteiger charge is -2.28. The van der Waals surface area contributed by atoms with Gasteiger partial charge in [-0.1, -0.05) is 30.3 Å². The van der Waals surface area contributed by atoms with E-state index in [1.165, 1.54) is 0 Å². The third-order valence-corrected chi connectivity index (χ3v) is 3.53. The molecule has 0 saturated carbocycles. The summed E-state index contributed by atoms with van der Waals surface area (Å²) in [5.41, 5.74) is 0.997. The molecule has 0 aliphatic carbocycles. The lowest BCUT2D eigenvalue weighted by molar-refractivity contribution is 0.0540. The molecule has 0 radical (unpaired) electrons. The molecule has 19 heavy (non-hydrogen) atoms. The summed E-state index contributed by atoms with van der Waals surface area (Å²) < 4.78 is 10.5. The van der Waals surface area contributed by atoms with Crippen LogP contribution in [0.15, 0.2) is 30.3 Å². The van der Waals surface area contributed by atoms with Crippen molar-refractivity contribution in [1.29, 1.82) is 0 Å². The molecule has 2 rings (SSSR count). The number of ether oxygens (including phenoxy) is 2. The summed E-state index contributed by atoms with van der Waals surface area (Å²) in [5.74, 6) is 0.484. The van der Waals surface area contributed by atoms with E-state index in [4.69, 9.17) is 9.47 Å². The van der Waals surface area contributed by atoms with Crippen molar-refractivity contribution in [3.8, 4) is 0 Å². The third kappa shape index (κ3) is 4.56. The second-order valence-corrected chi connectivity index (χ2v) is 4.94. The minimum Gasteiger partial charge on any atom is -0.445 e. The van der Waals surface area contributed by atoms with Crippen LogP contribution < -0.4 is 5.32 Å². The highest BCUT2D eigenvalue weighted by molar-refractivity contribution is 5.67. The largest absolute Gasteiger partial charge is 0.445 e. The highest BCUT2D eigenvalue weighted by Crippen LogP contribution is 2.18. The monoisotopic (exact) mass is 263 g/mol. The van der Waals surface area contributed by atoms with Gasteiger partial charge in [0.15, 0.2) is 0 Å². The van der Waals surface area contributed by atoms with Crippen LogP contribution in [0, 0.1) is 5.92 Å². The van der Waals surface area contributed by atoms with Gasteiger partial charge in [0.2, 0.25) is 0 Å². The van der Waals surface area contributed by atoms with E-state index in [9.17, 15) is 4.79 Å². The van der Waals surface area contributed by atoms with Crippen molar-refractivity contribution < 1.29 is 14.3 Å². The van der Waals surface area contributed by atoms with Crippen molar-refractivity contribution in [2.75, 3.05) is 13.2 Å². The van der Waals surface area contributed by atoms with Crippen LogP contribution in [-0.2, 0) is 16.1 Å². The van der Waals surface area contributed by atoms with Crippen LogP contribution in [0.2, 0.25) is 0 Å². The van der Waals surface area contributed by atoms with Gasteiger partial charge in [-0.15, -0.1) is 0 Å². The van der Waals surface area contributed by atoms with Crippen LogP contribution >= 0.6 is 0 Å². The van der Waals surface area contributed by atoms with Crippen molar-refractivity contribution in [2.24, 2.45) is 5.92 Å². The van der Waals surface area contributed by atoms with Crippen LogP contribution in [0.5, 0.6) is 0 Å². The van der Waals surface area contributed by atoms with Crippen LogP contribution in [0.1, 0.15) is 25.3 Å². The first-order valence-electron chi connectivity index (χ1n) is 6.80. The molecule has 0 bridgehead atoms. The zero-order valence-electron chi connectivity index (χ0n) is 11.3. The molecule has 1 amide bonds. The quantitative estimate of drug-likeness (QED) is 0.908. The molecule has 1 fully saturated rings. The summed E-state index contributed by atoms with van der Waals surface area (Å²) in [4.78, 5) is 11.7. The zero-order valence-corrected chi connectivity index (χ0v) is 11.3. The van der Waals surface area contributed by atoms with E-state index >= 15 is 0 Å². The summed E-state index contributed by atoms with van der Waals surface area (Å²) in [6.45, 7) is 3.92. The highest BCUT2D eigenvalue weighted by atomic mass is 16.5. The first-order valence-corrected chi connectivity index (χ1v) is 6.80. The normalized spacial score (nSPS) is 17.7. The van der Waals surface area contributed by atoms with Gasteiger partial charge in [-0.2, -0.15) is 0 Å². The molecule has 1 aromatic carbocycles. The van der Waals surface area contributed by atoms with Gasteiger partial charge in [0.25, 0.3) is 0 Å². The summed E-state index contributed by atoms with van der Waals surface area (Å²) in [5, 5.41) is 2.90. The number of alkyl carbamates (subject to hydrolysis) is 1. The summed E-state index contributed by atoms with van der Waals surface area (Å²) in [6.07, 6.45) is 1.66. The van der Waals surface area contributed by atoms with Gasteiger partial charge in [0.05, 0.1) is 0 Å². The average molecular weight is 263 g/mol. The Morgan fingerprint density at radius 1 is 1.37 bits per heavy atom. The molecule has 1 heterocycles. The van der Waals surface area contributed by atoms with Gasteiger partial charge in [-0.3, -0.25) is 0 Å². The maximum atomic E-state index is 11.7. The summed E-state index contributed by atoms with van der Waals surface area (Å²) >= 11 is 0. The fraction of sp³-hybridized carbons (Fsp3) is 0.533. The number of benzene rings is 1. The molecular formula is C15H21NO3. The third-order valence-electron chi connectivity index (χ3n) is 3.53. The molecule has 104 valence electrons. The van der Waals surface area contributed by atoms with Crippen LogP contribution in [0.3, 0.4) is 0 Å². The minimum absolute atomic E-state index is 0.132. The Hall–Kier alpha value is -1.55. The maximum absolute atomic E-state index is 11.7.